The molecule has 6 nitrogen and oxygen atoms in total. The maximum absolute atomic E-state index is 13.8. The molecule has 0 aromatic carbocycles. The Bertz CT molecular complexity index is 621. The van der Waals surface area contributed by atoms with Gasteiger partial charge in [0.1, 0.15) is 0 Å². The first-order chi connectivity index (χ1) is 21.2. The van der Waals surface area contributed by atoms with E-state index in [1.807, 2.05) is 0 Å². The van der Waals surface area contributed by atoms with Gasteiger partial charge in [-0.3, -0.25) is 9.05 Å². The molecule has 256 valence electrons. The maximum atomic E-state index is 13.8. The Balaban J connectivity index is 1.62. The summed E-state index contributed by atoms with van der Waals surface area (Å²) in [4.78, 5) is 2.61. The van der Waals surface area contributed by atoms with Gasteiger partial charge in [0.25, 0.3) is 0 Å². The Morgan fingerprint density at radius 1 is 0.581 bits per heavy atom. The van der Waals surface area contributed by atoms with Crippen molar-refractivity contribution in [3.63, 3.8) is 0 Å². The zero-order valence-electron chi connectivity index (χ0n) is 28.8. The van der Waals surface area contributed by atoms with Gasteiger partial charge in [0.05, 0.1) is 13.2 Å². The summed E-state index contributed by atoms with van der Waals surface area (Å²) in [6.07, 6.45) is 32.9. The van der Waals surface area contributed by atoms with Crippen molar-refractivity contribution in [2.75, 3.05) is 39.5 Å². The van der Waals surface area contributed by atoms with Gasteiger partial charge in [0.2, 0.25) is 0 Å². The van der Waals surface area contributed by atoms with E-state index >= 15 is 0 Å². The fourth-order valence-corrected chi connectivity index (χ4v) is 8.35. The van der Waals surface area contributed by atoms with Crippen LogP contribution in [0, 0.1) is 0 Å². The minimum absolute atomic E-state index is 0.205. The molecule has 2 aliphatic heterocycles. The number of likely N-dealkylation sites (tertiary alicyclic amines) is 1. The smallest absolute Gasteiger partial charge is 0.381 e. The van der Waals surface area contributed by atoms with Crippen LogP contribution in [0.3, 0.4) is 0 Å². The number of nitrogens with zero attached hydrogens (tertiary/aromatic N) is 1. The Morgan fingerprint density at radius 3 is 1.35 bits per heavy atom. The molecule has 2 fully saturated rings. The minimum Gasteiger partial charge on any atom is -0.381 e. The Morgan fingerprint density at radius 2 is 0.953 bits per heavy atom. The second kappa shape index (κ2) is 27.2. The monoisotopic (exact) mass is 629 g/mol. The number of nitrogens with one attached hydrogen (secondary N) is 1. The molecule has 0 unspecified atom stereocenters. The number of hydrogen-bond donors (Lipinski definition) is 1. The van der Waals surface area contributed by atoms with Crippen molar-refractivity contribution in [2.24, 2.45) is 0 Å². The number of hydrogen-bond acceptors (Lipinski definition) is 5. The highest BCUT2D eigenvalue weighted by atomic mass is 31.2. The van der Waals surface area contributed by atoms with Crippen LogP contribution >= 0.6 is 7.75 Å². The van der Waals surface area contributed by atoms with Gasteiger partial charge < -0.3 is 9.64 Å². The summed E-state index contributed by atoms with van der Waals surface area (Å²) in [5.74, 6) is 0. The summed E-state index contributed by atoms with van der Waals surface area (Å²) in [6, 6.07) is 0.854. The Kier molecular flexibility index (Phi) is 24.8. The molecule has 2 rings (SSSR count). The van der Waals surface area contributed by atoms with Gasteiger partial charge in [-0.2, -0.15) is 0 Å². The molecule has 0 spiro atoms. The van der Waals surface area contributed by atoms with Gasteiger partial charge in [-0.05, 0) is 51.6 Å². The third kappa shape index (κ3) is 20.7. The number of rotatable bonds is 29. The van der Waals surface area contributed by atoms with Crippen molar-refractivity contribution < 1.29 is 18.3 Å². The molecule has 0 bridgehead atoms. The third-order valence-electron chi connectivity index (χ3n) is 9.60. The van der Waals surface area contributed by atoms with Crippen LogP contribution in [0.2, 0.25) is 0 Å². The van der Waals surface area contributed by atoms with Crippen LogP contribution < -0.4 is 5.09 Å². The third-order valence-corrected chi connectivity index (χ3v) is 11.3. The molecule has 0 amide bonds. The zero-order chi connectivity index (χ0) is 30.7. The molecule has 2 saturated heterocycles. The quantitative estimate of drug-likeness (QED) is 0.0657. The molecule has 1 N–H and O–H groups in total. The standard InChI is InChI=1S/C36H73N2O4P/c1-3-5-7-9-11-13-15-17-19-21-23-31-41-43(39,42-32-24-22-20-18-16-14-12-10-8-6-4-2)37-35-25-29-38(30-26-35)36-27-33-40-34-28-36/h35-36H,3-34H2,1-2H3,(H,37,39). The number of ether oxygens (including phenoxy) is 1. The lowest BCUT2D eigenvalue weighted by Crippen LogP contribution is -2.47. The van der Waals surface area contributed by atoms with Crippen molar-refractivity contribution >= 4 is 7.75 Å². The molecule has 0 atom stereocenters. The van der Waals surface area contributed by atoms with Crippen LogP contribution in [-0.4, -0.2) is 56.5 Å². The van der Waals surface area contributed by atoms with Crippen LogP contribution in [0.15, 0.2) is 0 Å². The summed E-state index contributed by atoms with van der Waals surface area (Å²) >= 11 is 0. The summed E-state index contributed by atoms with van der Waals surface area (Å²) in [5.41, 5.74) is 0. The van der Waals surface area contributed by atoms with E-state index in [9.17, 15) is 4.57 Å². The van der Waals surface area contributed by atoms with Gasteiger partial charge in [-0.1, -0.05) is 142 Å². The average Bonchev–Trinajstić information content (AvgIpc) is 3.03. The Labute approximate surface area is 268 Å². The number of unbranched alkanes of at least 4 members (excludes halogenated alkanes) is 20. The first-order valence-electron chi connectivity index (χ1n) is 19.2. The number of piperidine rings is 1. The van der Waals surface area contributed by atoms with Crippen molar-refractivity contribution in [3.05, 3.63) is 0 Å². The largest absolute Gasteiger partial charge is 0.405 e. The molecule has 43 heavy (non-hydrogen) atoms. The summed E-state index contributed by atoms with van der Waals surface area (Å²) in [6.45, 7) is 9.50. The summed E-state index contributed by atoms with van der Waals surface area (Å²) < 4.78 is 31.5. The molecule has 7 heteroatoms. The topological polar surface area (TPSA) is 60.0 Å². The summed E-state index contributed by atoms with van der Waals surface area (Å²) in [7, 11) is -3.29. The van der Waals surface area contributed by atoms with Crippen LogP contribution in [0.5, 0.6) is 0 Å². The second-order valence-electron chi connectivity index (χ2n) is 13.5. The van der Waals surface area contributed by atoms with Crippen molar-refractivity contribution in [2.45, 2.75) is 193 Å². The lowest BCUT2D eigenvalue weighted by atomic mass is 10.0. The van der Waals surface area contributed by atoms with E-state index in [0.29, 0.717) is 19.3 Å². The highest BCUT2D eigenvalue weighted by molar-refractivity contribution is 7.51. The predicted octanol–water partition coefficient (Wildman–Crippen LogP) is 11.0. The lowest BCUT2D eigenvalue weighted by molar-refractivity contribution is 0.0243. The molecule has 0 aliphatic carbocycles. The molecule has 0 aromatic rings. The molecule has 0 aromatic heterocycles. The highest BCUT2D eigenvalue weighted by Crippen LogP contribution is 2.45. The SMILES string of the molecule is CCCCCCCCCCCCCOP(=O)(NC1CCN(C2CCOCC2)CC1)OCCCCCCCCCCCCC. The van der Waals surface area contributed by atoms with Crippen LogP contribution in [0.1, 0.15) is 181 Å². The van der Waals surface area contributed by atoms with E-state index in [2.05, 4.69) is 23.8 Å². The van der Waals surface area contributed by atoms with Crippen molar-refractivity contribution in [1.82, 2.24) is 9.99 Å². The fourth-order valence-electron chi connectivity index (χ4n) is 6.68. The van der Waals surface area contributed by atoms with E-state index in [-0.39, 0.29) is 6.04 Å². The maximum Gasteiger partial charge on any atom is 0.405 e. The fraction of sp³-hybridized carbons (Fsp3) is 1.00. The van der Waals surface area contributed by atoms with Crippen LogP contribution in [0.25, 0.3) is 0 Å². The summed E-state index contributed by atoms with van der Waals surface area (Å²) in [5, 5.41) is 3.39. The molecule has 2 heterocycles. The van der Waals surface area contributed by atoms with Gasteiger partial charge in [0, 0.05) is 25.3 Å². The van der Waals surface area contributed by atoms with Crippen molar-refractivity contribution in [3.8, 4) is 0 Å². The first kappa shape index (κ1) is 39.2. The van der Waals surface area contributed by atoms with Crippen LogP contribution in [-0.2, 0) is 18.3 Å². The van der Waals surface area contributed by atoms with Gasteiger partial charge in [-0.15, -0.1) is 0 Å². The first-order valence-corrected chi connectivity index (χ1v) is 20.7. The van der Waals surface area contributed by atoms with E-state index in [1.165, 1.54) is 116 Å². The molecular formula is C36H73N2O4P. The van der Waals surface area contributed by atoms with E-state index in [4.69, 9.17) is 13.8 Å². The predicted molar refractivity (Wildman–Crippen MR) is 184 cm³/mol. The zero-order valence-corrected chi connectivity index (χ0v) is 29.7. The van der Waals surface area contributed by atoms with E-state index < -0.39 is 7.75 Å². The minimum atomic E-state index is -3.29. The van der Waals surface area contributed by atoms with Crippen LogP contribution in [0.4, 0.5) is 0 Å². The molecule has 2 aliphatic rings. The molecule has 0 saturated carbocycles. The van der Waals surface area contributed by atoms with E-state index in [0.717, 1.165) is 77.7 Å². The Hall–Kier alpha value is 0.0300. The molecular weight excluding hydrogens is 555 g/mol. The van der Waals surface area contributed by atoms with Gasteiger partial charge >= 0.3 is 7.75 Å². The molecule has 0 radical (unpaired) electrons. The highest BCUT2D eigenvalue weighted by Gasteiger charge is 2.32. The lowest BCUT2D eigenvalue weighted by Gasteiger charge is -2.39. The normalized spacial score (nSPS) is 17.6. The second-order valence-corrected chi connectivity index (χ2v) is 15.3. The van der Waals surface area contributed by atoms with Gasteiger partial charge in [0.15, 0.2) is 0 Å². The van der Waals surface area contributed by atoms with Gasteiger partial charge in [-0.25, -0.2) is 9.65 Å². The van der Waals surface area contributed by atoms with Crippen molar-refractivity contribution in [1.29, 1.82) is 0 Å². The average molecular weight is 629 g/mol. The van der Waals surface area contributed by atoms with E-state index in [1.54, 1.807) is 0 Å².